The van der Waals surface area contributed by atoms with E-state index in [1.54, 1.807) is 0 Å². The smallest absolute Gasteiger partial charge is 0.229 e. The van der Waals surface area contributed by atoms with E-state index >= 15 is 0 Å². The van der Waals surface area contributed by atoms with Crippen molar-refractivity contribution in [1.82, 2.24) is 4.98 Å². The van der Waals surface area contributed by atoms with Crippen molar-refractivity contribution in [2.75, 3.05) is 17.2 Å². The van der Waals surface area contributed by atoms with Crippen LogP contribution in [0.3, 0.4) is 0 Å². The molecule has 0 bridgehead atoms. The number of anilines is 1. The number of rotatable bonds is 3. The highest BCUT2D eigenvalue weighted by Crippen LogP contribution is 2.28. The van der Waals surface area contributed by atoms with Gasteiger partial charge in [0.2, 0.25) is 15.9 Å². The van der Waals surface area contributed by atoms with Gasteiger partial charge in [0.15, 0.2) is 5.13 Å². The lowest BCUT2D eigenvalue weighted by atomic mass is 10.1. The van der Waals surface area contributed by atoms with E-state index in [2.05, 4.69) is 4.98 Å². The Balaban J connectivity index is 2.10. The fourth-order valence-corrected chi connectivity index (χ4v) is 3.58. The van der Waals surface area contributed by atoms with Gasteiger partial charge in [-0.1, -0.05) is 0 Å². The van der Waals surface area contributed by atoms with Gasteiger partial charge in [-0.3, -0.25) is 9.69 Å². The van der Waals surface area contributed by atoms with Crippen LogP contribution in [-0.4, -0.2) is 31.6 Å². The molecule has 1 aliphatic rings. The number of thiazole rings is 1. The average molecular weight is 275 g/mol. The Morgan fingerprint density at radius 2 is 2.35 bits per heavy atom. The lowest BCUT2D eigenvalue weighted by molar-refractivity contribution is -0.117. The first kappa shape index (κ1) is 12.5. The maximum absolute atomic E-state index is 11.7. The maximum Gasteiger partial charge on any atom is 0.229 e. The van der Waals surface area contributed by atoms with Crippen molar-refractivity contribution < 1.29 is 13.2 Å². The Morgan fingerprint density at radius 1 is 1.65 bits per heavy atom. The number of carbonyl (C=O) groups excluding carboxylic acids is 1. The van der Waals surface area contributed by atoms with E-state index in [0.717, 1.165) is 5.69 Å². The van der Waals surface area contributed by atoms with Crippen molar-refractivity contribution >= 4 is 32.4 Å². The molecule has 94 valence electrons. The SMILES string of the molecule is Cc1csc(N2CC(CS(N)(=O)=O)CC2=O)n1. The van der Waals surface area contributed by atoms with E-state index in [1.807, 2.05) is 12.3 Å². The Labute approximate surface area is 103 Å². The lowest BCUT2D eigenvalue weighted by Crippen LogP contribution is -2.27. The first-order valence-electron chi connectivity index (χ1n) is 5.08. The molecule has 6 nitrogen and oxygen atoms in total. The summed E-state index contributed by atoms with van der Waals surface area (Å²) in [6, 6.07) is 0. The number of nitrogens with two attached hydrogens (primary N) is 1. The number of hydrogen-bond acceptors (Lipinski definition) is 5. The Bertz CT molecular complexity index is 537. The number of aromatic nitrogens is 1. The van der Waals surface area contributed by atoms with E-state index in [4.69, 9.17) is 5.14 Å². The van der Waals surface area contributed by atoms with E-state index in [9.17, 15) is 13.2 Å². The van der Waals surface area contributed by atoms with Crippen LogP contribution in [0.5, 0.6) is 0 Å². The predicted octanol–water partition coefficient (Wildman–Crippen LogP) is 0.0929. The summed E-state index contributed by atoms with van der Waals surface area (Å²) < 4.78 is 22.0. The van der Waals surface area contributed by atoms with Crippen molar-refractivity contribution in [2.24, 2.45) is 11.1 Å². The van der Waals surface area contributed by atoms with Crippen LogP contribution in [-0.2, 0) is 14.8 Å². The standard InChI is InChI=1S/C9H13N3O3S2/c1-6-4-16-9(11-6)12-3-7(2-8(12)13)5-17(10,14)15/h4,7H,2-3,5H2,1H3,(H2,10,14,15). The molecule has 0 saturated carbocycles. The number of nitrogens with zero attached hydrogens (tertiary/aromatic N) is 2. The summed E-state index contributed by atoms with van der Waals surface area (Å²) >= 11 is 1.38. The third-order valence-corrected chi connectivity index (χ3v) is 4.43. The number of primary sulfonamides is 1. The second kappa shape index (κ2) is 4.35. The highest BCUT2D eigenvalue weighted by Gasteiger charge is 2.34. The molecule has 1 aliphatic heterocycles. The minimum Gasteiger partial charge on any atom is -0.288 e. The van der Waals surface area contributed by atoms with Crippen LogP contribution in [0.4, 0.5) is 5.13 Å². The highest BCUT2D eigenvalue weighted by molar-refractivity contribution is 7.89. The normalized spacial score (nSPS) is 21.2. The molecule has 0 spiro atoms. The fourth-order valence-electron chi connectivity index (χ4n) is 1.87. The lowest BCUT2D eigenvalue weighted by Gasteiger charge is -2.12. The molecular formula is C9H13N3O3S2. The third kappa shape index (κ3) is 3.02. The van der Waals surface area contributed by atoms with Crippen LogP contribution in [0.2, 0.25) is 0 Å². The zero-order valence-corrected chi connectivity index (χ0v) is 10.9. The van der Waals surface area contributed by atoms with Crippen LogP contribution in [0, 0.1) is 12.8 Å². The van der Waals surface area contributed by atoms with Gasteiger partial charge in [-0.05, 0) is 6.92 Å². The minimum absolute atomic E-state index is 0.0898. The molecule has 8 heteroatoms. The molecule has 1 aromatic rings. The molecule has 1 aromatic heterocycles. The summed E-state index contributed by atoms with van der Waals surface area (Å²) in [5.74, 6) is -0.478. The van der Waals surface area contributed by atoms with Gasteiger partial charge in [0, 0.05) is 24.3 Å². The van der Waals surface area contributed by atoms with Gasteiger partial charge in [-0.15, -0.1) is 11.3 Å². The summed E-state index contributed by atoms with van der Waals surface area (Å²) in [6.07, 6.45) is 0.217. The molecule has 2 heterocycles. The first-order valence-corrected chi connectivity index (χ1v) is 7.67. The van der Waals surface area contributed by atoms with E-state index < -0.39 is 10.0 Å². The molecule has 1 amide bonds. The molecule has 0 radical (unpaired) electrons. The molecule has 0 aliphatic carbocycles. The van der Waals surface area contributed by atoms with Gasteiger partial charge >= 0.3 is 0 Å². The number of carbonyl (C=O) groups is 1. The predicted molar refractivity (Wildman–Crippen MR) is 65.3 cm³/mol. The molecule has 1 unspecified atom stereocenters. The summed E-state index contributed by atoms with van der Waals surface area (Å²) in [5, 5.41) is 7.46. The van der Waals surface area contributed by atoms with Gasteiger partial charge < -0.3 is 0 Å². The van der Waals surface area contributed by atoms with Crippen LogP contribution in [0.15, 0.2) is 5.38 Å². The fraction of sp³-hybridized carbons (Fsp3) is 0.556. The molecular weight excluding hydrogens is 262 g/mol. The molecule has 1 saturated heterocycles. The Morgan fingerprint density at radius 3 is 2.88 bits per heavy atom. The average Bonchev–Trinajstić information content (AvgIpc) is 2.70. The molecule has 1 fully saturated rings. The van der Waals surface area contributed by atoms with Crippen LogP contribution in [0.25, 0.3) is 0 Å². The van der Waals surface area contributed by atoms with Gasteiger partial charge in [-0.2, -0.15) is 0 Å². The largest absolute Gasteiger partial charge is 0.288 e. The zero-order chi connectivity index (χ0) is 12.6. The van der Waals surface area contributed by atoms with Gasteiger partial charge in [0.05, 0.1) is 11.4 Å². The number of sulfonamides is 1. The minimum atomic E-state index is -3.53. The summed E-state index contributed by atoms with van der Waals surface area (Å²) in [4.78, 5) is 17.5. The quantitative estimate of drug-likeness (QED) is 0.846. The molecule has 17 heavy (non-hydrogen) atoms. The summed E-state index contributed by atoms with van der Waals surface area (Å²) in [6.45, 7) is 2.23. The van der Waals surface area contributed by atoms with Crippen LogP contribution in [0.1, 0.15) is 12.1 Å². The van der Waals surface area contributed by atoms with Crippen molar-refractivity contribution in [1.29, 1.82) is 0 Å². The van der Waals surface area contributed by atoms with E-state index in [1.165, 1.54) is 16.2 Å². The van der Waals surface area contributed by atoms with E-state index in [0.29, 0.717) is 11.7 Å². The van der Waals surface area contributed by atoms with Gasteiger partial charge in [-0.25, -0.2) is 18.5 Å². The molecule has 1 atom stereocenters. The third-order valence-electron chi connectivity index (χ3n) is 2.51. The topological polar surface area (TPSA) is 93.4 Å². The first-order chi connectivity index (χ1) is 7.85. The molecule has 2 rings (SSSR count). The Hall–Kier alpha value is -0.990. The second-order valence-electron chi connectivity index (χ2n) is 4.18. The number of aryl methyl sites for hydroxylation is 1. The summed E-state index contributed by atoms with van der Waals surface area (Å²) in [5.41, 5.74) is 0.854. The van der Waals surface area contributed by atoms with Crippen molar-refractivity contribution in [3.63, 3.8) is 0 Å². The molecule has 2 N–H and O–H groups in total. The van der Waals surface area contributed by atoms with Gasteiger partial charge in [0.25, 0.3) is 0 Å². The molecule has 0 aromatic carbocycles. The van der Waals surface area contributed by atoms with Crippen molar-refractivity contribution in [2.45, 2.75) is 13.3 Å². The second-order valence-corrected chi connectivity index (χ2v) is 6.67. The maximum atomic E-state index is 11.7. The highest BCUT2D eigenvalue weighted by atomic mass is 32.2. The summed E-state index contributed by atoms with van der Waals surface area (Å²) in [7, 11) is -3.53. The Kier molecular flexibility index (Phi) is 3.19. The van der Waals surface area contributed by atoms with Crippen LogP contribution >= 0.6 is 11.3 Å². The number of amides is 1. The van der Waals surface area contributed by atoms with Crippen molar-refractivity contribution in [3.05, 3.63) is 11.1 Å². The van der Waals surface area contributed by atoms with Gasteiger partial charge in [0.1, 0.15) is 0 Å². The van der Waals surface area contributed by atoms with Crippen molar-refractivity contribution in [3.8, 4) is 0 Å². The van der Waals surface area contributed by atoms with E-state index in [-0.39, 0.29) is 24.0 Å². The van der Waals surface area contributed by atoms with Crippen LogP contribution < -0.4 is 10.0 Å². The number of hydrogen-bond donors (Lipinski definition) is 1. The zero-order valence-electron chi connectivity index (χ0n) is 9.29. The monoisotopic (exact) mass is 275 g/mol.